The number of pyridine rings is 1. The number of hydrogen-bond acceptors (Lipinski definition) is 4. The fraction of sp³-hybridized carbons (Fsp3) is 0.714. The number of aliphatic imine (C=N–C) groups is 1. The second-order valence-corrected chi connectivity index (χ2v) is 7.49. The molecule has 0 unspecified atom stereocenters. The van der Waals surface area contributed by atoms with Gasteiger partial charge in [0.15, 0.2) is 5.96 Å². The summed E-state index contributed by atoms with van der Waals surface area (Å²) in [6.45, 7) is 10.4. The van der Waals surface area contributed by atoms with Crippen LogP contribution in [0.4, 0.5) is 5.82 Å². The zero-order valence-corrected chi connectivity index (χ0v) is 17.3. The second kappa shape index (κ2) is 11.1. The first kappa shape index (κ1) is 21.5. The van der Waals surface area contributed by atoms with E-state index in [0.717, 1.165) is 62.7 Å². The third kappa shape index (κ3) is 7.01. The molecule has 2 rings (SSSR count). The molecule has 152 valence electrons. The van der Waals surface area contributed by atoms with Gasteiger partial charge >= 0.3 is 0 Å². The van der Waals surface area contributed by atoms with E-state index in [1.54, 1.807) is 0 Å². The van der Waals surface area contributed by atoms with Gasteiger partial charge in [-0.1, -0.05) is 32.8 Å². The summed E-state index contributed by atoms with van der Waals surface area (Å²) in [6.07, 6.45) is 7.99. The van der Waals surface area contributed by atoms with Gasteiger partial charge < -0.3 is 20.6 Å². The molecule has 0 spiro atoms. The number of rotatable bonds is 10. The van der Waals surface area contributed by atoms with Crippen LogP contribution in [0.15, 0.2) is 23.3 Å². The molecule has 1 saturated heterocycles. The van der Waals surface area contributed by atoms with Crippen molar-refractivity contribution in [3.63, 3.8) is 0 Å². The van der Waals surface area contributed by atoms with Gasteiger partial charge in [-0.25, -0.2) is 9.98 Å². The van der Waals surface area contributed by atoms with Crippen LogP contribution < -0.4 is 15.5 Å². The lowest BCUT2D eigenvalue weighted by Gasteiger charge is -2.28. The summed E-state index contributed by atoms with van der Waals surface area (Å²) in [4.78, 5) is 11.6. The Kier molecular flexibility index (Phi) is 8.85. The van der Waals surface area contributed by atoms with Crippen LogP contribution in [0.1, 0.15) is 64.9 Å². The van der Waals surface area contributed by atoms with Crippen LogP contribution >= 0.6 is 0 Å². The quantitative estimate of drug-likeness (QED) is 0.433. The Morgan fingerprint density at radius 3 is 2.41 bits per heavy atom. The smallest absolute Gasteiger partial charge is 0.191 e. The molecular weight excluding hydrogens is 338 g/mol. The molecule has 2 heterocycles. The van der Waals surface area contributed by atoms with E-state index in [1.807, 2.05) is 13.1 Å². The lowest BCUT2D eigenvalue weighted by atomic mass is 9.93. The molecule has 1 fully saturated rings. The van der Waals surface area contributed by atoms with Crippen LogP contribution in [0.3, 0.4) is 0 Å². The van der Waals surface area contributed by atoms with Gasteiger partial charge in [0.1, 0.15) is 5.82 Å². The fourth-order valence-electron chi connectivity index (χ4n) is 3.64. The van der Waals surface area contributed by atoms with Gasteiger partial charge in [-0.15, -0.1) is 0 Å². The third-order valence-electron chi connectivity index (χ3n) is 5.02. The number of anilines is 1. The lowest BCUT2D eigenvalue weighted by Crippen LogP contribution is -2.47. The average Bonchev–Trinajstić information content (AvgIpc) is 3.20. The van der Waals surface area contributed by atoms with E-state index >= 15 is 0 Å². The molecule has 0 aromatic carbocycles. The zero-order valence-electron chi connectivity index (χ0n) is 17.3. The Labute approximate surface area is 164 Å². The topological polar surface area (TPSA) is 72.8 Å². The molecule has 0 amide bonds. The highest BCUT2D eigenvalue weighted by molar-refractivity contribution is 5.79. The number of hydrogen-bond donors (Lipinski definition) is 3. The molecular formula is C21H37N5O. The Morgan fingerprint density at radius 2 is 1.85 bits per heavy atom. The van der Waals surface area contributed by atoms with Crippen molar-refractivity contribution in [2.75, 3.05) is 31.1 Å². The number of aliphatic hydroxyl groups is 1. The first-order valence-electron chi connectivity index (χ1n) is 10.5. The number of guanidine groups is 1. The third-order valence-corrected chi connectivity index (χ3v) is 5.02. The van der Waals surface area contributed by atoms with E-state index in [9.17, 15) is 5.11 Å². The van der Waals surface area contributed by atoms with E-state index in [1.165, 1.54) is 12.8 Å². The molecule has 1 aromatic heterocycles. The van der Waals surface area contributed by atoms with E-state index < -0.39 is 5.60 Å². The molecule has 1 aliphatic heterocycles. The molecule has 0 radical (unpaired) electrons. The minimum absolute atomic E-state index is 0.520. The maximum atomic E-state index is 10.8. The van der Waals surface area contributed by atoms with Gasteiger partial charge in [-0.3, -0.25) is 0 Å². The summed E-state index contributed by atoms with van der Waals surface area (Å²) >= 11 is 0. The van der Waals surface area contributed by atoms with Crippen molar-refractivity contribution in [2.24, 2.45) is 4.99 Å². The lowest BCUT2D eigenvalue weighted by molar-refractivity contribution is 0.0257. The van der Waals surface area contributed by atoms with Crippen molar-refractivity contribution in [3.05, 3.63) is 23.9 Å². The van der Waals surface area contributed by atoms with Gasteiger partial charge in [0.05, 0.1) is 12.1 Å². The number of nitrogens with one attached hydrogen (secondary N) is 2. The summed E-state index contributed by atoms with van der Waals surface area (Å²) in [7, 11) is 0. The molecule has 0 saturated carbocycles. The van der Waals surface area contributed by atoms with Crippen molar-refractivity contribution in [2.45, 2.75) is 71.4 Å². The molecule has 1 aromatic rings. The molecule has 27 heavy (non-hydrogen) atoms. The van der Waals surface area contributed by atoms with E-state index in [-0.39, 0.29) is 0 Å². The Bertz CT molecular complexity index is 560. The summed E-state index contributed by atoms with van der Waals surface area (Å²) in [5, 5.41) is 17.4. The predicted molar refractivity (Wildman–Crippen MR) is 113 cm³/mol. The van der Waals surface area contributed by atoms with Crippen molar-refractivity contribution in [1.29, 1.82) is 0 Å². The van der Waals surface area contributed by atoms with E-state index in [4.69, 9.17) is 0 Å². The predicted octanol–water partition coefficient (Wildman–Crippen LogP) is 3.07. The van der Waals surface area contributed by atoms with Crippen LogP contribution in [0.25, 0.3) is 0 Å². The Morgan fingerprint density at radius 1 is 1.15 bits per heavy atom. The maximum absolute atomic E-state index is 10.8. The standard InChI is InChI=1S/C21H37N5O/c1-4-11-21(27,12-5-2)17-25-20(22-6-3)24-16-18-9-10-19(23-15-18)26-13-7-8-14-26/h9-10,15,27H,4-8,11-14,16-17H2,1-3H3,(H2,22,24,25). The van der Waals surface area contributed by atoms with Crippen molar-refractivity contribution in [1.82, 2.24) is 15.6 Å². The first-order valence-corrected chi connectivity index (χ1v) is 10.5. The number of nitrogens with zero attached hydrogens (tertiary/aromatic N) is 3. The van der Waals surface area contributed by atoms with Crippen molar-refractivity contribution >= 4 is 11.8 Å². The van der Waals surface area contributed by atoms with Crippen molar-refractivity contribution in [3.8, 4) is 0 Å². The van der Waals surface area contributed by atoms with E-state index in [0.29, 0.717) is 13.1 Å². The summed E-state index contributed by atoms with van der Waals surface area (Å²) in [5.74, 6) is 1.81. The van der Waals surface area contributed by atoms with Crippen molar-refractivity contribution < 1.29 is 5.11 Å². The van der Waals surface area contributed by atoms with Crippen LogP contribution in [-0.2, 0) is 6.54 Å². The van der Waals surface area contributed by atoms with Gasteiger partial charge in [-0.05, 0) is 44.2 Å². The highest BCUT2D eigenvalue weighted by Gasteiger charge is 2.24. The largest absolute Gasteiger partial charge is 0.388 e. The molecule has 0 atom stereocenters. The van der Waals surface area contributed by atoms with Crippen LogP contribution in [-0.4, -0.2) is 47.8 Å². The summed E-state index contributed by atoms with van der Waals surface area (Å²) in [6, 6.07) is 4.20. The molecule has 0 bridgehead atoms. The highest BCUT2D eigenvalue weighted by Crippen LogP contribution is 2.19. The van der Waals surface area contributed by atoms with Crippen LogP contribution in [0.2, 0.25) is 0 Å². The zero-order chi connectivity index (χ0) is 19.5. The van der Waals surface area contributed by atoms with Crippen LogP contribution in [0, 0.1) is 0 Å². The van der Waals surface area contributed by atoms with Gasteiger partial charge in [0.2, 0.25) is 0 Å². The van der Waals surface area contributed by atoms with Gasteiger partial charge in [0.25, 0.3) is 0 Å². The van der Waals surface area contributed by atoms with E-state index in [2.05, 4.69) is 51.5 Å². The molecule has 3 N–H and O–H groups in total. The number of aromatic nitrogens is 1. The average molecular weight is 376 g/mol. The second-order valence-electron chi connectivity index (χ2n) is 7.49. The summed E-state index contributed by atoms with van der Waals surface area (Å²) < 4.78 is 0. The highest BCUT2D eigenvalue weighted by atomic mass is 16.3. The first-order chi connectivity index (χ1) is 13.1. The monoisotopic (exact) mass is 375 g/mol. The molecule has 1 aliphatic rings. The summed E-state index contributed by atoms with van der Waals surface area (Å²) in [5.41, 5.74) is 0.422. The van der Waals surface area contributed by atoms with Crippen LogP contribution in [0.5, 0.6) is 0 Å². The molecule has 6 nitrogen and oxygen atoms in total. The Hall–Kier alpha value is -1.82. The molecule has 6 heteroatoms. The fourth-order valence-corrected chi connectivity index (χ4v) is 3.64. The normalized spacial score (nSPS) is 15.3. The maximum Gasteiger partial charge on any atom is 0.191 e. The Balaban J connectivity index is 1.93. The minimum atomic E-state index is -0.668. The van der Waals surface area contributed by atoms with Gasteiger partial charge in [-0.2, -0.15) is 0 Å². The SMILES string of the molecule is CCCC(O)(CCC)CNC(=NCc1ccc(N2CCCC2)nc1)NCC. The minimum Gasteiger partial charge on any atom is -0.388 e. The van der Waals surface area contributed by atoms with Gasteiger partial charge in [0, 0.05) is 32.4 Å². The molecule has 0 aliphatic carbocycles.